The number of halogens is 1. The van der Waals surface area contributed by atoms with Gasteiger partial charge >= 0.3 is 0 Å². The van der Waals surface area contributed by atoms with E-state index in [4.69, 9.17) is 11.6 Å². The van der Waals surface area contributed by atoms with Gasteiger partial charge in [-0.15, -0.1) is 0 Å². The highest BCUT2D eigenvalue weighted by Gasteiger charge is 2.18. The maximum atomic E-state index is 9.59. The standard InChI is InChI=1S/C10H11ClO2/c11-8-5-6-3-1-2-4-7(6)9(12)10(8)13/h5,12-13H,1-4H2. The van der Waals surface area contributed by atoms with Crippen LogP contribution >= 0.6 is 11.6 Å². The lowest BCUT2D eigenvalue weighted by Gasteiger charge is -2.17. The van der Waals surface area contributed by atoms with Crippen LogP contribution in [0.3, 0.4) is 0 Å². The van der Waals surface area contributed by atoms with Crippen LogP contribution in [0.4, 0.5) is 0 Å². The average Bonchev–Trinajstić information content (AvgIpc) is 2.15. The molecule has 0 atom stereocenters. The lowest BCUT2D eigenvalue weighted by Crippen LogP contribution is -2.02. The Hall–Kier alpha value is -0.890. The molecule has 70 valence electrons. The topological polar surface area (TPSA) is 40.5 Å². The highest BCUT2D eigenvalue weighted by atomic mass is 35.5. The van der Waals surface area contributed by atoms with Crippen LogP contribution in [0.15, 0.2) is 6.07 Å². The van der Waals surface area contributed by atoms with E-state index >= 15 is 0 Å². The van der Waals surface area contributed by atoms with Gasteiger partial charge in [0.2, 0.25) is 0 Å². The van der Waals surface area contributed by atoms with E-state index in [1.54, 1.807) is 6.07 Å². The Labute approximate surface area is 81.8 Å². The molecule has 0 aliphatic heterocycles. The molecule has 0 unspecified atom stereocenters. The number of benzene rings is 1. The quantitative estimate of drug-likeness (QED) is 0.630. The van der Waals surface area contributed by atoms with Gasteiger partial charge in [-0.1, -0.05) is 11.6 Å². The van der Waals surface area contributed by atoms with Crippen molar-refractivity contribution in [3.8, 4) is 11.5 Å². The van der Waals surface area contributed by atoms with Crippen molar-refractivity contribution in [2.45, 2.75) is 25.7 Å². The van der Waals surface area contributed by atoms with Crippen LogP contribution < -0.4 is 0 Å². The molecule has 0 fully saturated rings. The molecule has 0 aromatic heterocycles. The Morgan fingerprint density at radius 1 is 1.08 bits per heavy atom. The monoisotopic (exact) mass is 198 g/mol. The molecule has 1 aliphatic rings. The lowest BCUT2D eigenvalue weighted by molar-refractivity contribution is 0.396. The fraction of sp³-hybridized carbons (Fsp3) is 0.400. The third kappa shape index (κ3) is 1.35. The number of fused-ring (bicyclic) bond motifs is 1. The second-order valence-electron chi connectivity index (χ2n) is 3.40. The molecule has 0 saturated carbocycles. The van der Waals surface area contributed by atoms with Crippen LogP contribution in [0.25, 0.3) is 0 Å². The van der Waals surface area contributed by atoms with Gasteiger partial charge in [-0.3, -0.25) is 0 Å². The van der Waals surface area contributed by atoms with E-state index in [1.165, 1.54) is 0 Å². The summed E-state index contributed by atoms with van der Waals surface area (Å²) in [7, 11) is 0. The number of hydrogen-bond donors (Lipinski definition) is 2. The molecule has 2 rings (SSSR count). The molecule has 0 radical (unpaired) electrons. The molecule has 3 heteroatoms. The van der Waals surface area contributed by atoms with Crippen molar-refractivity contribution in [3.05, 3.63) is 22.2 Å². The van der Waals surface area contributed by atoms with Gasteiger partial charge in [-0.05, 0) is 37.3 Å². The van der Waals surface area contributed by atoms with Gasteiger partial charge in [-0.25, -0.2) is 0 Å². The van der Waals surface area contributed by atoms with Crippen molar-refractivity contribution in [1.29, 1.82) is 0 Å². The Kier molecular flexibility index (Phi) is 2.08. The van der Waals surface area contributed by atoms with Crippen molar-refractivity contribution in [3.63, 3.8) is 0 Å². The van der Waals surface area contributed by atoms with E-state index in [2.05, 4.69) is 0 Å². The van der Waals surface area contributed by atoms with E-state index in [9.17, 15) is 10.2 Å². The minimum Gasteiger partial charge on any atom is -0.504 e. The van der Waals surface area contributed by atoms with Crippen molar-refractivity contribution in [1.82, 2.24) is 0 Å². The van der Waals surface area contributed by atoms with E-state index < -0.39 is 0 Å². The molecule has 2 N–H and O–H groups in total. The van der Waals surface area contributed by atoms with E-state index in [-0.39, 0.29) is 16.5 Å². The van der Waals surface area contributed by atoms with Gasteiger partial charge in [0.25, 0.3) is 0 Å². The second kappa shape index (κ2) is 3.11. The molecule has 0 saturated heterocycles. The first-order valence-electron chi connectivity index (χ1n) is 4.42. The van der Waals surface area contributed by atoms with Gasteiger partial charge in [0, 0.05) is 5.56 Å². The summed E-state index contributed by atoms with van der Waals surface area (Å²) in [6.07, 6.45) is 3.99. The van der Waals surface area contributed by atoms with Crippen LogP contribution in [0.5, 0.6) is 11.5 Å². The zero-order valence-electron chi connectivity index (χ0n) is 7.18. The summed E-state index contributed by atoms with van der Waals surface area (Å²) in [5, 5.41) is 19.2. The summed E-state index contributed by atoms with van der Waals surface area (Å²) in [5.74, 6) is -0.204. The summed E-state index contributed by atoms with van der Waals surface area (Å²) < 4.78 is 0. The fourth-order valence-corrected chi connectivity index (χ4v) is 2.06. The number of aromatic hydroxyl groups is 2. The molecule has 1 aromatic carbocycles. The van der Waals surface area contributed by atoms with Crippen LogP contribution in [-0.2, 0) is 12.8 Å². The summed E-state index contributed by atoms with van der Waals surface area (Å²) in [4.78, 5) is 0. The first-order valence-corrected chi connectivity index (χ1v) is 4.80. The minimum absolute atomic E-state index is 0.0257. The smallest absolute Gasteiger partial charge is 0.176 e. The van der Waals surface area contributed by atoms with Gasteiger partial charge < -0.3 is 10.2 Å². The summed E-state index contributed by atoms with van der Waals surface area (Å²) in [5.41, 5.74) is 1.94. The van der Waals surface area contributed by atoms with Gasteiger partial charge in [-0.2, -0.15) is 0 Å². The highest BCUT2D eigenvalue weighted by Crippen LogP contribution is 2.40. The van der Waals surface area contributed by atoms with Gasteiger partial charge in [0.1, 0.15) is 0 Å². The fourth-order valence-electron chi connectivity index (χ4n) is 1.84. The zero-order chi connectivity index (χ0) is 9.42. The number of phenolic OH excluding ortho intramolecular Hbond substituents is 2. The first kappa shape index (κ1) is 8.70. The number of rotatable bonds is 0. The highest BCUT2D eigenvalue weighted by molar-refractivity contribution is 6.32. The molecule has 1 aromatic rings. The number of phenols is 2. The summed E-state index contributed by atoms with van der Waals surface area (Å²) in [6.45, 7) is 0. The molecule has 13 heavy (non-hydrogen) atoms. The summed E-state index contributed by atoms with van der Waals surface area (Å²) in [6, 6.07) is 1.76. The molecule has 0 spiro atoms. The Morgan fingerprint density at radius 3 is 2.54 bits per heavy atom. The van der Waals surface area contributed by atoms with Crippen LogP contribution in [-0.4, -0.2) is 10.2 Å². The predicted molar refractivity (Wildman–Crippen MR) is 51.4 cm³/mol. The largest absolute Gasteiger partial charge is 0.504 e. The molecule has 0 amide bonds. The molecule has 1 aliphatic carbocycles. The van der Waals surface area contributed by atoms with Crippen molar-refractivity contribution in [2.24, 2.45) is 0 Å². The second-order valence-corrected chi connectivity index (χ2v) is 3.81. The Morgan fingerprint density at radius 2 is 1.77 bits per heavy atom. The van der Waals surface area contributed by atoms with Gasteiger partial charge in [0.15, 0.2) is 11.5 Å². The molecule has 0 bridgehead atoms. The van der Waals surface area contributed by atoms with E-state index in [0.29, 0.717) is 0 Å². The molecular weight excluding hydrogens is 188 g/mol. The van der Waals surface area contributed by atoms with Crippen LogP contribution in [0, 0.1) is 0 Å². The maximum Gasteiger partial charge on any atom is 0.176 e. The molecule has 0 heterocycles. The molecule has 2 nitrogen and oxygen atoms in total. The first-order chi connectivity index (χ1) is 6.20. The predicted octanol–water partition coefficient (Wildman–Crippen LogP) is 2.63. The third-order valence-electron chi connectivity index (χ3n) is 2.55. The Bertz CT molecular complexity index is 347. The SMILES string of the molecule is Oc1c(Cl)cc2c(c1O)CCCC2. The van der Waals surface area contributed by atoms with Crippen LogP contribution in [0.2, 0.25) is 5.02 Å². The normalized spacial score (nSPS) is 15.5. The average molecular weight is 199 g/mol. The molecular formula is C10H11ClO2. The van der Waals surface area contributed by atoms with Gasteiger partial charge in [0.05, 0.1) is 5.02 Å². The van der Waals surface area contributed by atoms with Crippen LogP contribution in [0.1, 0.15) is 24.0 Å². The zero-order valence-corrected chi connectivity index (χ0v) is 7.93. The van der Waals surface area contributed by atoms with Crippen molar-refractivity contribution in [2.75, 3.05) is 0 Å². The van der Waals surface area contributed by atoms with Crippen molar-refractivity contribution < 1.29 is 10.2 Å². The number of hydrogen-bond acceptors (Lipinski definition) is 2. The lowest BCUT2D eigenvalue weighted by atomic mass is 9.91. The maximum absolute atomic E-state index is 9.59. The van der Waals surface area contributed by atoms with Crippen molar-refractivity contribution >= 4 is 11.6 Å². The van der Waals surface area contributed by atoms with E-state index in [1.807, 2.05) is 0 Å². The summed E-state index contributed by atoms with van der Waals surface area (Å²) >= 11 is 5.74. The Balaban J connectivity index is 2.60. The number of aryl methyl sites for hydroxylation is 1. The minimum atomic E-state index is -0.178. The third-order valence-corrected chi connectivity index (χ3v) is 2.84. The van der Waals surface area contributed by atoms with E-state index in [0.717, 1.165) is 36.8 Å².